The summed E-state index contributed by atoms with van der Waals surface area (Å²) in [6, 6.07) is 17.6. The molecule has 2 rings (SSSR count). The molecule has 0 aliphatic rings. The predicted octanol–water partition coefficient (Wildman–Crippen LogP) is 2.82. The molecule has 0 heterocycles. The molecule has 0 saturated heterocycles. The van der Waals surface area contributed by atoms with Gasteiger partial charge in [-0.05, 0) is 30.7 Å². The Morgan fingerprint density at radius 3 is 2.67 bits per heavy atom. The average molecular weight is 322 g/mol. The largest absolute Gasteiger partial charge is 0.494 e. The molecular weight excluding hydrogens is 300 g/mol. The number of aliphatic imine (C=N–C) groups is 1. The Kier molecular flexibility index (Phi) is 6.66. The van der Waals surface area contributed by atoms with Crippen LogP contribution in [0.25, 0.3) is 0 Å². The number of ether oxygens (including phenoxy) is 1. The number of rotatable bonds is 6. The molecule has 2 aromatic carbocycles. The number of guanidine groups is 1. The SMILES string of the molecule is CCOc1ccccc1CNC(=NC)NCc1cccc(C#N)c1. The van der Waals surface area contributed by atoms with Gasteiger partial charge >= 0.3 is 0 Å². The zero-order valence-corrected chi connectivity index (χ0v) is 14.0. The molecule has 0 radical (unpaired) electrons. The molecule has 0 unspecified atom stereocenters. The minimum Gasteiger partial charge on any atom is -0.494 e. The van der Waals surface area contributed by atoms with E-state index >= 15 is 0 Å². The molecule has 0 atom stereocenters. The van der Waals surface area contributed by atoms with E-state index in [4.69, 9.17) is 10.00 Å². The van der Waals surface area contributed by atoms with E-state index in [0.717, 1.165) is 16.9 Å². The summed E-state index contributed by atoms with van der Waals surface area (Å²) in [5, 5.41) is 15.5. The van der Waals surface area contributed by atoms with E-state index in [-0.39, 0.29) is 0 Å². The first-order valence-corrected chi connectivity index (χ1v) is 7.91. The molecule has 24 heavy (non-hydrogen) atoms. The topological polar surface area (TPSA) is 69.4 Å². The molecule has 0 saturated carbocycles. The van der Waals surface area contributed by atoms with Crippen molar-refractivity contribution < 1.29 is 4.74 Å². The van der Waals surface area contributed by atoms with Gasteiger partial charge in [0.1, 0.15) is 5.75 Å². The Bertz CT molecular complexity index is 734. The molecule has 0 aromatic heterocycles. The minimum atomic E-state index is 0.600. The predicted molar refractivity (Wildman–Crippen MR) is 95.8 cm³/mol. The van der Waals surface area contributed by atoms with Gasteiger partial charge in [0.2, 0.25) is 0 Å². The zero-order valence-electron chi connectivity index (χ0n) is 14.0. The van der Waals surface area contributed by atoms with Gasteiger partial charge in [-0.25, -0.2) is 0 Å². The fraction of sp³-hybridized carbons (Fsp3) is 0.263. The fourth-order valence-corrected chi connectivity index (χ4v) is 2.28. The smallest absolute Gasteiger partial charge is 0.191 e. The van der Waals surface area contributed by atoms with E-state index in [9.17, 15) is 0 Å². The molecule has 0 bridgehead atoms. The molecule has 0 spiro atoms. The van der Waals surface area contributed by atoms with E-state index in [1.54, 1.807) is 13.1 Å². The van der Waals surface area contributed by atoms with Crippen LogP contribution in [0.1, 0.15) is 23.6 Å². The van der Waals surface area contributed by atoms with Crippen molar-refractivity contribution in [1.29, 1.82) is 5.26 Å². The Morgan fingerprint density at radius 1 is 1.12 bits per heavy atom. The third kappa shape index (κ3) is 5.03. The van der Waals surface area contributed by atoms with E-state index in [0.29, 0.717) is 31.2 Å². The van der Waals surface area contributed by atoms with Gasteiger partial charge in [0.05, 0.1) is 18.2 Å². The van der Waals surface area contributed by atoms with Gasteiger partial charge in [-0.2, -0.15) is 5.26 Å². The Morgan fingerprint density at radius 2 is 1.92 bits per heavy atom. The second kappa shape index (κ2) is 9.21. The van der Waals surface area contributed by atoms with E-state index in [2.05, 4.69) is 21.7 Å². The van der Waals surface area contributed by atoms with Crippen LogP contribution >= 0.6 is 0 Å². The van der Waals surface area contributed by atoms with Gasteiger partial charge < -0.3 is 15.4 Å². The van der Waals surface area contributed by atoms with Crippen LogP contribution in [-0.2, 0) is 13.1 Å². The normalized spacial score (nSPS) is 10.8. The lowest BCUT2D eigenvalue weighted by molar-refractivity contribution is 0.336. The first-order valence-electron chi connectivity index (χ1n) is 7.91. The van der Waals surface area contributed by atoms with Crippen molar-refractivity contribution in [1.82, 2.24) is 10.6 Å². The van der Waals surface area contributed by atoms with Crippen molar-refractivity contribution in [2.75, 3.05) is 13.7 Å². The maximum atomic E-state index is 8.95. The summed E-state index contributed by atoms with van der Waals surface area (Å²) in [4.78, 5) is 4.23. The molecule has 0 amide bonds. The summed E-state index contributed by atoms with van der Waals surface area (Å²) in [6.07, 6.45) is 0. The quantitative estimate of drug-likeness (QED) is 0.634. The van der Waals surface area contributed by atoms with Crippen LogP contribution in [0.15, 0.2) is 53.5 Å². The van der Waals surface area contributed by atoms with Gasteiger partial charge in [0.25, 0.3) is 0 Å². The maximum Gasteiger partial charge on any atom is 0.191 e. The molecule has 0 aliphatic carbocycles. The standard InChI is InChI=1S/C19H22N4O/c1-3-24-18-10-5-4-9-17(18)14-23-19(21-2)22-13-16-8-6-7-15(11-16)12-20/h4-11H,3,13-14H2,1-2H3,(H2,21,22,23). The van der Waals surface area contributed by atoms with Gasteiger partial charge in [0.15, 0.2) is 5.96 Å². The first-order chi connectivity index (χ1) is 11.8. The lowest BCUT2D eigenvalue weighted by atomic mass is 10.1. The number of nitrogens with one attached hydrogen (secondary N) is 2. The number of hydrogen-bond acceptors (Lipinski definition) is 3. The zero-order chi connectivity index (χ0) is 17.2. The van der Waals surface area contributed by atoms with Gasteiger partial charge in [-0.1, -0.05) is 30.3 Å². The minimum absolute atomic E-state index is 0.600. The fourth-order valence-electron chi connectivity index (χ4n) is 2.28. The summed E-state index contributed by atoms with van der Waals surface area (Å²) < 4.78 is 5.63. The van der Waals surface area contributed by atoms with Gasteiger partial charge in [-0.3, -0.25) is 4.99 Å². The molecule has 5 nitrogen and oxygen atoms in total. The number of hydrogen-bond donors (Lipinski definition) is 2. The van der Waals surface area contributed by atoms with Crippen LogP contribution in [0.5, 0.6) is 5.75 Å². The molecule has 0 aliphatic heterocycles. The molecule has 0 fully saturated rings. The Labute approximate surface area is 143 Å². The average Bonchev–Trinajstić information content (AvgIpc) is 2.63. The summed E-state index contributed by atoms with van der Waals surface area (Å²) in [6.45, 7) is 3.83. The number of nitriles is 1. The molecule has 5 heteroatoms. The van der Waals surface area contributed by atoms with Crippen LogP contribution in [-0.4, -0.2) is 19.6 Å². The van der Waals surface area contributed by atoms with Crippen molar-refractivity contribution in [2.24, 2.45) is 4.99 Å². The highest BCUT2D eigenvalue weighted by Gasteiger charge is 2.04. The van der Waals surface area contributed by atoms with Crippen molar-refractivity contribution in [3.63, 3.8) is 0 Å². The monoisotopic (exact) mass is 322 g/mol. The lowest BCUT2D eigenvalue weighted by Crippen LogP contribution is -2.36. The molecule has 2 aromatic rings. The van der Waals surface area contributed by atoms with Crippen molar-refractivity contribution >= 4 is 5.96 Å². The highest BCUT2D eigenvalue weighted by Crippen LogP contribution is 2.17. The van der Waals surface area contributed by atoms with Gasteiger partial charge in [-0.15, -0.1) is 0 Å². The molecular formula is C19H22N4O. The third-order valence-corrected chi connectivity index (χ3v) is 3.46. The number of nitrogens with zero attached hydrogens (tertiary/aromatic N) is 2. The third-order valence-electron chi connectivity index (χ3n) is 3.46. The van der Waals surface area contributed by atoms with Crippen molar-refractivity contribution in [2.45, 2.75) is 20.0 Å². The number of benzene rings is 2. The first kappa shape index (κ1) is 17.4. The van der Waals surface area contributed by atoms with Crippen LogP contribution in [0, 0.1) is 11.3 Å². The van der Waals surface area contributed by atoms with Crippen LogP contribution in [0.4, 0.5) is 0 Å². The Balaban J connectivity index is 1.92. The second-order valence-corrected chi connectivity index (χ2v) is 5.13. The van der Waals surface area contributed by atoms with Gasteiger partial charge in [0, 0.05) is 25.7 Å². The van der Waals surface area contributed by atoms with E-state index in [1.165, 1.54) is 0 Å². The highest BCUT2D eigenvalue weighted by atomic mass is 16.5. The Hall–Kier alpha value is -3.00. The summed E-state index contributed by atoms with van der Waals surface area (Å²) in [7, 11) is 1.73. The number of para-hydroxylation sites is 1. The van der Waals surface area contributed by atoms with Crippen LogP contribution < -0.4 is 15.4 Å². The van der Waals surface area contributed by atoms with Crippen LogP contribution in [0.2, 0.25) is 0 Å². The summed E-state index contributed by atoms with van der Waals surface area (Å²) in [5.41, 5.74) is 2.77. The lowest BCUT2D eigenvalue weighted by Gasteiger charge is -2.14. The van der Waals surface area contributed by atoms with Crippen molar-refractivity contribution in [3.05, 3.63) is 65.2 Å². The summed E-state index contributed by atoms with van der Waals surface area (Å²) in [5.74, 6) is 1.58. The second-order valence-electron chi connectivity index (χ2n) is 5.13. The van der Waals surface area contributed by atoms with Crippen LogP contribution in [0.3, 0.4) is 0 Å². The molecule has 2 N–H and O–H groups in total. The maximum absolute atomic E-state index is 8.95. The highest BCUT2D eigenvalue weighted by molar-refractivity contribution is 5.79. The van der Waals surface area contributed by atoms with E-state index < -0.39 is 0 Å². The molecule has 124 valence electrons. The van der Waals surface area contributed by atoms with Crippen molar-refractivity contribution in [3.8, 4) is 11.8 Å². The summed E-state index contributed by atoms with van der Waals surface area (Å²) >= 11 is 0. The van der Waals surface area contributed by atoms with E-state index in [1.807, 2.05) is 49.4 Å².